The lowest BCUT2D eigenvalue weighted by Crippen LogP contribution is -2.44. The van der Waals surface area contributed by atoms with Crippen LogP contribution < -0.4 is 15.7 Å². The van der Waals surface area contributed by atoms with Crippen molar-refractivity contribution in [3.8, 4) is 0 Å². The van der Waals surface area contributed by atoms with Gasteiger partial charge in [0.05, 0.1) is 22.0 Å². The molecule has 1 unspecified atom stereocenters. The average Bonchev–Trinajstić information content (AvgIpc) is 2.71. The van der Waals surface area contributed by atoms with Gasteiger partial charge >= 0.3 is 5.69 Å². The van der Waals surface area contributed by atoms with Crippen molar-refractivity contribution in [3.05, 3.63) is 28.7 Å². The maximum Gasteiger partial charge on any atom is 0.328 e. The number of carbonyl (C=O) groups is 1. The number of likely N-dealkylation sites (N-methyl/N-ethyl adjacent to an activating group) is 1. The summed E-state index contributed by atoms with van der Waals surface area (Å²) in [5.41, 5.74) is 0.900. The van der Waals surface area contributed by atoms with Crippen LogP contribution in [0, 0.1) is 0 Å². The van der Waals surface area contributed by atoms with Crippen LogP contribution in [0.5, 0.6) is 0 Å². The van der Waals surface area contributed by atoms with Gasteiger partial charge in [-0.05, 0) is 32.0 Å². The second kappa shape index (κ2) is 6.17. The molecule has 0 aliphatic rings. The number of aryl methyl sites for hydroxylation is 2. The van der Waals surface area contributed by atoms with Gasteiger partial charge in [0.15, 0.2) is 0 Å². The van der Waals surface area contributed by atoms with Crippen LogP contribution in [0.4, 0.5) is 0 Å². The van der Waals surface area contributed by atoms with E-state index in [2.05, 4.69) is 10.0 Å². The average molecular weight is 340 g/mol. The highest BCUT2D eigenvalue weighted by atomic mass is 32.2. The summed E-state index contributed by atoms with van der Waals surface area (Å²) in [7, 11) is -0.676. The molecule has 0 saturated carbocycles. The van der Waals surface area contributed by atoms with E-state index in [-0.39, 0.29) is 10.6 Å². The molecule has 126 valence electrons. The lowest BCUT2D eigenvalue weighted by molar-refractivity contribution is -0.122. The Kier molecular flexibility index (Phi) is 4.62. The minimum Gasteiger partial charge on any atom is -0.355 e. The van der Waals surface area contributed by atoms with Crippen LogP contribution in [0.3, 0.4) is 0 Å². The predicted octanol–water partition coefficient (Wildman–Crippen LogP) is -0.320. The molecule has 8 nitrogen and oxygen atoms in total. The number of sulfonamides is 1. The van der Waals surface area contributed by atoms with E-state index < -0.39 is 22.0 Å². The van der Waals surface area contributed by atoms with Gasteiger partial charge in [-0.15, -0.1) is 0 Å². The molecule has 0 saturated heterocycles. The summed E-state index contributed by atoms with van der Waals surface area (Å²) in [5.74, 6) is -0.399. The zero-order valence-electron chi connectivity index (χ0n) is 13.5. The van der Waals surface area contributed by atoms with Crippen LogP contribution in [0.15, 0.2) is 27.9 Å². The molecular formula is C14H20N4O4S. The Labute approximate surface area is 134 Å². The molecule has 1 amide bonds. The van der Waals surface area contributed by atoms with Crippen molar-refractivity contribution in [2.24, 2.45) is 14.1 Å². The number of hydrogen-bond acceptors (Lipinski definition) is 4. The van der Waals surface area contributed by atoms with E-state index in [1.165, 1.54) is 28.2 Å². The van der Waals surface area contributed by atoms with E-state index in [1.54, 1.807) is 27.1 Å². The molecule has 1 aromatic heterocycles. The number of carbonyl (C=O) groups excluding carboxylic acids is 1. The Bertz CT molecular complexity index is 911. The summed E-state index contributed by atoms with van der Waals surface area (Å²) in [6.45, 7) is 3.64. The monoisotopic (exact) mass is 340 g/mol. The van der Waals surface area contributed by atoms with Gasteiger partial charge in [0.25, 0.3) is 0 Å². The van der Waals surface area contributed by atoms with Gasteiger partial charge in [0, 0.05) is 20.6 Å². The maximum absolute atomic E-state index is 12.4. The zero-order valence-corrected chi connectivity index (χ0v) is 14.3. The standard InChI is InChI=1S/C14H20N4O4S/c1-5-15-13(19)9(2)16-23(21,22)10-6-7-11-12(8-10)18(4)14(20)17(11)3/h6-9,16H,5H2,1-4H3,(H,15,19). The third-order valence-corrected chi connectivity index (χ3v) is 5.17. The SMILES string of the molecule is CCNC(=O)C(C)NS(=O)(=O)c1ccc2c(c1)n(C)c(=O)n2C. The summed E-state index contributed by atoms with van der Waals surface area (Å²) >= 11 is 0. The van der Waals surface area contributed by atoms with E-state index in [9.17, 15) is 18.0 Å². The van der Waals surface area contributed by atoms with Crippen molar-refractivity contribution < 1.29 is 13.2 Å². The van der Waals surface area contributed by atoms with Crippen molar-refractivity contribution in [3.63, 3.8) is 0 Å². The number of rotatable bonds is 5. The molecule has 0 spiro atoms. The molecule has 2 rings (SSSR count). The van der Waals surface area contributed by atoms with E-state index in [0.717, 1.165) is 0 Å². The largest absolute Gasteiger partial charge is 0.355 e. The number of hydrogen-bond donors (Lipinski definition) is 2. The molecule has 23 heavy (non-hydrogen) atoms. The molecule has 1 heterocycles. The molecule has 0 aliphatic carbocycles. The minimum absolute atomic E-state index is 0.00217. The number of imidazole rings is 1. The fraction of sp³-hybridized carbons (Fsp3) is 0.429. The molecule has 9 heteroatoms. The van der Waals surface area contributed by atoms with Gasteiger partial charge in [0.1, 0.15) is 0 Å². The van der Waals surface area contributed by atoms with Crippen molar-refractivity contribution >= 4 is 27.0 Å². The van der Waals surface area contributed by atoms with Crippen molar-refractivity contribution in [1.82, 2.24) is 19.2 Å². The molecule has 2 N–H and O–H groups in total. The van der Waals surface area contributed by atoms with Crippen LogP contribution in [-0.4, -0.2) is 36.0 Å². The first-order valence-electron chi connectivity index (χ1n) is 7.14. The quantitative estimate of drug-likeness (QED) is 0.779. The second-order valence-electron chi connectivity index (χ2n) is 5.29. The van der Waals surface area contributed by atoms with Crippen molar-refractivity contribution in [1.29, 1.82) is 0 Å². The maximum atomic E-state index is 12.4. The van der Waals surface area contributed by atoms with Crippen LogP contribution in [0.2, 0.25) is 0 Å². The zero-order chi connectivity index (χ0) is 17.4. The van der Waals surface area contributed by atoms with Gasteiger partial charge in [-0.1, -0.05) is 0 Å². The smallest absolute Gasteiger partial charge is 0.328 e. The molecule has 1 aromatic carbocycles. The number of fused-ring (bicyclic) bond motifs is 1. The summed E-state index contributed by atoms with van der Waals surface area (Å²) in [4.78, 5) is 23.6. The van der Waals surface area contributed by atoms with E-state index in [1.807, 2.05) is 0 Å². The van der Waals surface area contributed by atoms with Gasteiger partial charge in [-0.3, -0.25) is 13.9 Å². The highest BCUT2D eigenvalue weighted by Crippen LogP contribution is 2.17. The summed E-state index contributed by atoms with van der Waals surface area (Å²) in [6.07, 6.45) is 0. The third-order valence-electron chi connectivity index (χ3n) is 3.63. The summed E-state index contributed by atoms with van der Waals surface area (Å²) < 4.78 is 30.0. The first kappa shape index (κ1) is 17.2. The fourth-order valence-electron chi connectivity index (χ4n) is 2.34. The number of nitrogens with one attached hydrogen (secondary N) is 2. The Morgan fingerprint density at radius 2 is 1.83 bits per heavy atom. The van der Waals surface area contributed by atoms with Gasteiger partial charge < -0.3 is 5.32 Å². The third kappa shape index (κ3) is 3.15. The van der Waals surface area contributed by atoms with E-state index in [0.29, 0.717) is 17.6 Å². The summed E-state index contributed by atoms with van der Waals surface area (Å²) in [6, 6.07) is 3.51. The molecule has 0 bridgehead atoms. The Balaban J connectivity index is 2.41. The predicted molar refractivity (Wildman–Crippen MR) is 86.6 cm³/mol. The van der Waals surface area contributed by atoms with E-state index in [4.69, 9.17) is 0 Å². The normalized spacial score (nSPS) is 13.2. The minimum atomic E-state index is -3.87. The Morgan fingerprint density at radius 1 is 1.22 bits per heavy atom. The van der Waals surface area contributed by atoms with Gasteiger partial charge in [-0.2, -0.15) is 4.72 Å². The molecule has 1 atom stereocenters. The highest BCUT2D eigenvalue weighted by Gasteiger charge is 2.22. The number of aromatic nitrogens is 2. The lowest BCUT2D eigenvalue weighted by atomic mass is 10.3. The number of nitrogens with zero attached hydrogens (tertiary/aromatic N) is 2. The Morgan fingerprint density at radius 3 is 2.43 bits per heavy atom. The van der Waals surface area contributed by atoms with Crippen molar-refractivity contribution in [2.75, 3.05) is 6.54 Å². The molecular weight excluding hydrogens is 320 g/mol. The topological polar surface area (TPSA) is 102 Å². The molecule has 2 aromatic rings. The Hall–Kier alpha value is -2.13. The second-order valence-corrected chi connectivity index (χ2v) is 7.00. The van der Waals surface area contributed by atoms with Gasteiger partial charge in [-0.25, -0.2) is 13.2 Å². The van der Waals surface area contributed by atoms with Crippen LogP contribution in [0.25, 0.3) is 11.0 Å². The van der Waals surface area contributed by atoms with Crippen LogP contribution in [0.1, 0.15) is 13.8 Å². The first-order chi connectivity index (χ1) is 10.7. The fourth-order valence-corrected chi connectivity index (χ4v) is 3.56. The van der Waals surface area contributed by atoms with Crippen LogP contribution >= 0.6 is 0 Å². The molecule has 0 fully saturated rings. The lowest BCUT2D eigenvalue weighted by Gasteiger charge is -2.14. The van der Waals surface area contributed by atoms with Crippen LogP contribution in [-0.2, 0) is 28.9 Å². The highest BCUT2D eigenvalue weighted by molar-refractivity contribution is 7.89. The number of benzene rings is 1. The molecule has 0 radical (unpaired) electrons. The molecule has 0 aliphatic heterocycles. The number of amides is 1. The van der Waals surface area contributed by atoms with Gasteiger partial charge in [0.2, 0.25) is 15.9 Å². The van der Waals surface area contributed by atoms with Crippen molar-refractivity contribution in [2.45, 2.75) is 24.8 Å². The van der Waals surface area contributed by atoms with E-state index >= 15 is 0 Å². The summed E-state index contributed by atoms with van der Waals surface area (Å²) in [5, 5.41) is 2.55. The first-order valence-corrected chi connectivity index (χ1v) is 8.63.